The second-order valence-corrected chi connectivity index (χ2v) is 5.87. The summed E-state index contributed by atoms with van der Waals surface area (Å²) in [5.41, 5.74) is 6.31. The Bertz CT molecular complexity index is 467. The summed E-state index contributed by atoms with van der Waals surface area (Å²) in [6.07, 6.45) is 5.60. The van der Waals surface area contributed by atoms with Gasteiger partial charge in [-0.25, -0.2) is 0 Å². The Morgan fingerprint density at radius 2 is 1.81 bits per heavy atom. The molecule has 1 saturated carbocycles. The lowest BCUT2D eigenvalue weighted by atomic mass is 10.0. The standard InChI is InChI=1S/C17H24N2O2/c18-16(20)10-11-19(13-15-8-2-1-3-9-15)17(21)12-14-6-4-5-7-14/h1-3,8-9,14H,4-7,10-13H2,(H2,18,20). The molecule has 0 spiro atoms. The van der Waals surface area contributed by atoms with Crippen molar-refractivity contribution in [1.29, 1.82) is 0 Å². The third-order valence-electron chi connectivity index (χ3n) is 4.14. The van der Waals surface area contributed by atoms with Gasteiger partial charge in [-0.1, -0.05) is 43.2 Å². The van der Waals surface area contributed by atoms with Crippen LogP contribution in [0.3, 0.4) is 0 Å². The number of hydrogen-bond donors (Lipinski definition) is 1. The van der Waals surface area contributed by atoms with Crippen LogP contribution in [0.4, 0.5) is 0 Å². The van der Waals surface area contributed by atoms with E-state index in [9.17, 15) is 9.59 Å². The summed E-state index contributed by atoms with van der Waals surface area (Å²) in [6.45, 7) is 0.968. The van der Waals surface area contributed by atoms with Gasteiger partial charge in [-0.15, -0.1) is 0 Å². The molecule has 0 heterocycles. The highest BCUT2D eigenvalue weighted by atomic mass is 16.2. The van der Waals surface area contributed by atoms with Crippen molar-refractivity contribution < 1.29 is 9.59 Å². The van der Waals surface area contributed by atoms with Crippen LogP contribution >= 0.6 is 0 Å². The number of benzene rings is 1. The molecule has 4 heteroatoms. The topological polar surface area (TPSA) is 63.4 Å². The second-order valence-electron chi connectivity index (χ2n) is 5.87. The number of hydrogen-bond acceptors (Lipinski definition) is 2. The van der Waals surface area contributed by atoms with Crippen LogP contribution in [0.5, 0.6) is 0 Å². The Morgan fingerprint density at radius 1 is 1.14 bits per heavy atom. The summed E-state index contributed by atoms with van der Waals surface area (Å²) in [4.78, 5) is 25.3. The number of amides is 2. The van der Waals surface area contributed by atoms with Crippen LogP contribution in [-0.2, 0) is 16.1 Å². The number of carbonyl (C=O) groups excluding carboxylic acids is 2. The van der Waals surface area contributed by atoms with Crippen LogP contribution in [0.15, 0.2) is 30.3 Å². The number of primary amides is 1. The lowest BCUT2D eigenvalue weighted by molar-refractivity contribution is -0.133. The van der Waals surface area contributed by atoms with Crippen molar-refractivity contribution in [2.24, 2.45) is 11.7 Å². The molecule has 21 heavy (non-hydrogen) atoms. The normalized spacial score (nSPS) is 15.0. The summed E-state index contributed by atoms with van der Waals surface area (Å²) < 4.78 is 0. The van der Waals surface area contributed by atoms with E-state index in [2.05, 4.69) is 0 Å². The van der Waals surface area contributed by atoms with Crippen molar-refractivity contribution in [3.8, 4) is 0 Å². The Kier molecular flexibility index (Phi) is 5.78. The monoisotopic (exact) mass is 288 g/mol. The van der Waals surface area contributed by atoms with Crippen molar-refractivity contribution in [2.75, 3.05) is 6.54 Å². The molecule has 1 aromatic carbocycles. The second kappa shape index (κ2) is 7.81. The smallest absolute Gasteiger partial charge is 0.223 e. The first-order chi connectivity index (χ1) is 10.1. The average Bonchev–Trinajstić information content (AvgIpc) is 2.97. The molecule has 1 aliphatic rings. The molecule has 1 fully saturated rings. The summed E-state index contributed by atoms with van der Waals surface area (Å²) in [7, 11) is 0. The van der Waals surface area contributed by atoms with Crippen LogP contribution in [0.2, 0.25) is 0 Å². The van der Waals surface area contributed by atoms with Gasteiger partial charge in [0, 0.05) is 25.9 Å². The first-order valence-electron chi connectivity index (χ1n) is 7.75. The molecule has 0 aromatic heterocycles. The minimum absolute atomic E-state index is 0.145. The Hall–Kier alpha value is -1.84. The zero-order valence-corrected chi connectivity index (χ0v) is 12.5. The molecule has 2 amide bonds. The first-order valence-corrected chi connectivity index (χ1v) is 7.75. The van der Waals surface area contributed by atoms with Crippen molar-refractivity contribution in [2.45, 2.75) is 45.1 Å². The fourth-order valence-electron chi connectivity index (χ4n) is 2.93. The van der Waals surface area contributed by atoms with Gasteiger partial charge in [0.1, 0.15) is 0 Å². The Labute approximate surface area is 126 Å². The van der Waals surface area contributed by atoms with E-state index in [0.29, 0.717) is 25.4 Å². The third kappa shape index (κ3) is 5.21. The van der Waals surface area contributed by atoms with Crippen LogP contribution in [0.1, 0.15) is 44.1 Å². The predicted octanol–water partition coefficient (Wildman–Crippen LogP) is 2.47. The molecule has 0 atom stereocenters. The Balaban J connectivity index is 1.96. The van der Waals surface area contributed by atoms with Gasteiger partial charge in [-0.05, 0) is 24.3 Å². The van der Waals surface area contributed by atoms with Gasteiger partial charge in [0.25, 0.3) is 0 Å². The average molecular weight is 288 g/mol. The van der Waals surface area contributed by atoms with E-state index < -0.39 is 0 Å². The number of carbonyl (C=O) groups is 2. The zero-order chi connectivity index (χ0) is 15.1. The summed E-state index contributed by atoms with van der Waals surface area (Å²) in [5, 5.41) is 0. The highest BCUT2D eigenvalue weighted by Gasteiger charge is 2.22. The van der Waals surface area contributed by atoms with E-state index in [1.807, 2.05) is 30.3 Å². The largest absolute Gasteiger partial charge is 0.370 e. The number of rotatable bonds is 7. The molecule has 0 unspecified atom stereocenters. The van der Waals surface area contributed by atoms with Crippen molar-refractivity contribution in [1.82, 2.24) is 4.90 Å². The van der Waals surface area contributed by atoms with Crippen LogP contribution < -0.4 is 5.73 Å². The van der Waals surface area contributed by atoms with E-state index >= 15 is 0 Å². The molecule has 1 aromatic rings. The highest BCUT2D eigenvalue weighted by molar-refractivity contribution is 5.78. The third-order valence-corrected chi connectivity index (χ3v) is 4.14. The molecule has 1 aliphatic carbocycles. The van der Waals surface area contributed by atoms with Gasteiger partial charge in [0.15, 0.2) is 0 Å². The van der Waals surface area contributed by atoms with Crippen molar-refractivity contribution >= 4 is 11.8 Å². The molecule has 0 saturated heterocycles. The lowest BCUT2D eigenvalue weighted by Crippen LogP contribution is -2.34. The number of nitrogens with two attached hydrogens (primary N) is 1. The fourth-order valence-corrected chi connectivity index (χ4v) is 2.93. The van der Waals surface area contributed by atoms with Gasteiger partial charge >= 0.3 is 0 Å². The highest BCUT2D eigenvalue weighted by Crippen LogP contribution is 2.28. The van der Waals surface area contributed by atoms with E-state index in [4.69, 9.17) is 5.73 Å². The van der Waals surface area contributed by atoms with Gasteiger partial charge in [-0.3, -0.25) is 9.59 Å². The van der Waals surface area contributed by atoms with Gasteiger partial charge in [-0.2, -0.15) is 0 Å². The van der Waals surface area contributed by atoms with Crippen LogP contribution in [0.25, 0.3) is 0 Å². The van der Waals surface area contributed by atoms with Crippen LogP contribution in [-0.4, -0.2) is 23.3 Å². The fraction of sp³-hybridized carbons (Fsp3) is 0.529. The van der Waals surface area contributed by atoms with E-state index in [1.54, 1.807) is 4.90 Å². The maximum atomic E-state index is 12.5. The molecule has 114 valence electrons. The maximum absolute atomic E-state index is 12.5. The minimum atomic E-state index is -0.360. The van der Waals surface area contributed by atoms with Crippen LogP contribution in [0, 0.1) is 5.92 Å². The van der Waals surface area contributed by atoms with E-state index in [-0.39, 0.29) is 18.2 Å². The molecule has 2 N–H and O–H groups in total. The van der Waals surface area contributed by atoms with Gasteiger partial charge < -0.3 is 10.6 Å². The molecule has 2 rings (SSSR count). The first kappa shape index (κ1) is 15.5. The predicted molar refractivity (Wildman–Crippen MR) is 82.2 cm³/mol. The number of nitrogens with zero attached hydrogens (tertiary/aromatic N) is 1. The summed E-state index contributed by atoms with van der Waals surface area (Å²) in [6, 6.07) is 9.88. The SMILES string of the molecule is NC(=O)CCN(Cc1ccccc1)C(=O)CC1CCCC1. The van der Waals surface area contributed by atoms with Crippen molar-refractivity contribution in [3.63, 3.8) is 0 Å². The molecule has 4 nitrogen and oxygen atoms in total. The summed E-state index contributed by atoms with van der Waals surface area (Å²) in [5.74, 6) is 0.304. The maximum Gasteiger partial charge on any atom is 0.223 e. The lowest BCUT2D eigenvalue weighted by Gasteiger charge is -2.24. The molecular weight excluding hydrogens is 264 g/mol. The molecule has 0 aliphatic heterocycles. The minimum Gasteiger partial charge on any atom is -0.370 e. The Morgan fingerprint density at radius 3 is 2.43 bits per heavy atom. The van der Waals surface area contributed by atoms with E-state index in [1.165, 1.54) is 12.8 Å². The van der Waals surface area contributed by atoms with Gasteiger partial charge in [0.05, 0.1) is 0 Å². The van der Waals surface area contributed by atoms with Gasteiger partial charge in [0.2, 0.25) is 11.8 Å². The quantitative estimate of drug-likeness (QED) is 0.837. The molecule has 0 radical (unpaired) electrons. The summed E-state index contributed by atoms with van der Waals surface area (Å²) >= 11 is 0. The molecular formula is C17H24N2O2. The molecule has 0 bridgehead atoms. The van der Waals surface area contributed by atoms with E-state index in [0.717, 1.165) is 18.4 Å². The van der Waals surface area contributed by atoms with Crippen molar-refractivity contribution in [3.05, 3.63) is 35.9 Å². The zero-order valence-electron chi connectivity index (χ0n) is 12.5.